The van der Waals surface area contributed by atoms with E-state index < -0.39 is 47.8 Å². The SMILES string of the molecule is CC(C)=C1OC(=O)N(c2cc(OC3CCCC3)c(Cl)cc2F)C1=O.CC1(C)OC(c2ccco2)CN1C(=O)C(Cl)Cl.CCOCN(C(=O)CCl)c1c(C)cccc1CC.CP(=O)(O)CCC(N)C(=O)O. The summed E-state index contributed by atoms with van der Waals surface area (Å²) in [5.41, 5.74) is 7.79. The maximum absolute atomic E-state index is 14.3. The summed E-state index contributed by atoms with van der Waals surface area (Å²) in [6.45, 7) is 15.2. The van der Waals surface area contributed by atoms with Crippen molar-refractivity contribution in [1.29, 1.82) is 0 Å². The number of imide groups is 1. The zero-order chi connectivity index (χ0) is 52.7. The number of carboxylic acid groups (broad SMARTS) is 1. The van der Waals surface area contributed by atoms with Gasteiger partial charge in [-0.25, -0.2) is 14.1 Å². The first-order chi connectivity index (χ1) is 32.8. The fourth-order valence-electron chi connectivity index (χ4n) is 7.19. The van der Waals surface area contributed by atoms with E-state index in [-0.39, 0.29) is 71.4 Å². The molecule has 2 saturated heterocycles. The maximum atomic E-state index is 14.3. The van der Waals surface area contributed by atoms with Crippen LogP contribution in [0.25, 0.3) is 0 Å². The number of aliphatic carboxylic acids is 1. The van der Waals surface area contributed by atoms with E-state index in [2.05, 4.69) is 6.92 Å². The Labute approximate surface area is 427 Å². The lowest BCUT2D eigenvalue weighted by atomic mass is 10.0. The first-order valence-corrected chi connectivity index (χ1v) is 26.4. The van der Waals surface area contributed by atoms with Crippen LogP contribution in [0.5, 0.6) is 5.75 Å². The molecular formula is C47H62Cl4FN4O13P. The zero-order valence-electron chi connectivity index (χ0n) is 40.3. The van der Waals surface area contributed by atoms with Crippen LogP contribution >= 0.6 is 53.8 Å². The van der Waals surface area contributed by atoms with Gasteiger partial charge in [-0.1, -0.05) is 59.9 Å². The molecule has 388 valence electrons. The van der Waals surface area contributed by atoms with E-state index in [0.717, 1.165) is 55.0 Å². The average molecular weight is 1080 g/mol. The molecule has 3 aliphatic rings. The molecule has 4 N–H and O–H groups in total. The van der Waals surface area contributed by atoms with Crippen molar-refractivity contribution in [2.75, 3.05) is 48.4 Å². The quantitative estimate of drug-likeness (QED) is 0.0557. The van der Waals surface area contributed by atoms with Crippen molar-refractivity contribution in [3.8, 4) is 5.75 Å². The summed E-state index contributed by atoms with van der Waals surface area (Å²) in [6, 6.07) is 10.9. The summed E-state index contributed by atoms with van der Waals surface area (Å²) in [7, 11) is -3.10. The number of furan rings is 1. The second-order valence-corrected chi connectivity index (χ2v) is 21.3. The average Bonchev–Trinajstić information content (AvgIpc) is 4.12. The second kappa shape index (κ2) is 27.6. The molecule has 1 saturated carbocycles. The first kappa shape index (κ1) is 60.1. The number of halogens is 5. The lowest BCUT2D eigenvalue weighted by Crippen LogP contribution is -2.45. The number of ether oxygens (including phenoxy) is 4. The number of cyclic esters (lactones) is 1. The van der Waals surface area contributed by atoms with Gasteiger partial charge in [0.1, 0.15) is 47.8 Å². The third-order valence-corrected chi connectivity index (χ3v) is 12.8. The number of nitrogens with zero attached hydrogens (tertiary/aromatic N) is 3. The Bertz CT molecular complexity index is 2360. The lowest BCUT2D eigenvalue weighted by molar-refractivity contribution is -0.144. The van der Waals surface area contributed by atoms with Crippen LogP contribution < -0.4 is 20.3 Å². The van der Waals surface area contributed by atoms with E-state index in [0.29, 0.717) is 29.4 Å². The van der Waals surface area contributed by atoms with Gasteiger partial charge in [0.05, 0.1) is 35.3 Å². The van der Waals surface area contributed by atoms with Gasteiger partial charge in [0.2, 0.25) is 5.91 Å². The largest absolute Gasteiger partial charge is 0.489 e. The fraction of sp³-hybridized carbons (Fsp3) is 0.511. The molecule has 23 heteroatoms. The molecule has 3 aromatic rings. The molecule has 3 atom stereocenters. The summed E-state index contributed by atoms with van der Waals surface area (Å²) < 4.78 is 52.1. The normalized spacial score (nSPS) is 17.6. The summed E-state index contributed by atoms with van der Waals surface area (Å²) >= 11 is 22.9. The molecule has 4 amide bonds. The van der Waals surface area contributed by atoms with Crippen LogP contribution in [-0.2, 0) is 44.4 Å². The van der Waals surface area contributed by atoms with Crippen LogP contribution in [0.15, 0.2) is 64.5 Å². The number of nitrogens with two attached hydrogens (primary N) is 1. The van der Waals surface area contributed by atoms with Crippen molar-refractivity contribution >= 4 is 94.9 Å². The smallest absolute Gasteiger partial charge is 0.427 e. The molecule has 2 aliphatic heterocycles. The second-order valence-electron chi connectivity index (χ2n) is 16.9. The van der Waals surface area contributed by atoms with Gasteiger partial charge in [0, 0.05) is 25.5 Å². The van der Waals surface area contributed by atoms with Crippen LogP contribution in [0.1, 0.15) is 96.6 Å². The number of alkyl halides is 3. The third-order valence-electron chi connectivity index (χ3n) is 10.8. The van der Waals surface area contributed by atoms with Crippen molar-refractivity contribution < 1.29 is 66.3 Å². The predicted molar refractivity (Wildman–Crippen MR) is 267 cm³/mol. The minimum absolute atomic E-state index is 0.00962. The number of anilines is 2. The Morgan fingerprint density at radius 3 is 2.26 bits per heavy atom. The molecule has 0 spiro atoms. The first-order valence-electron chi connectivity index (χ1n) is 22.3. The van der Waals surface area contributed by atoms with Crippen LogP contribution in [0.3, 0.4) is 0 Å². The van der Waals surface area contributed by atoms with E-state index in [1.54, 1.807) is 44.9 Å². The maximum Gasteiger partial charge on any atom is 0.427 e. The van der Waals surface area contributed by atoms with E-state index in [1.165, 1.54) is 17.6 Å². The van der Waals surface area contributed by atoms with E-state index in [4.69, 9.17) is 85.5 Å². The molecule has 6 rings (SSSR count). The van der Waals surface area contributed by atoms with Gasteiger partial charge in [-0.3, -0.25) is 28.6 Å². The van der Waals surface area contributed by atoms with Crippen LogP contribution in [-0.4, -0.2) is 106 Å². The van der Waals surface area contributed by atoms with Gasteiger partial charge in [-0.05, 0) is 115 Å². The predicted octanol–water partition coefficient (Wildman–Crippen LogP) is 10.1. The standard InChI is InChI=1S/C17H17ClFNO4.C14H20ClNO2.C11H13Cl2NO3.C5H12NO4P/c1-9(2)15-16(21)20(17(22)24-15)13-8-14(11(18)7-12(13)19)23-10-5-3-4-6-10;1-4-12-8-6-7-11(3)14(12)16(10-18-5-2)13(17)9-15;1-11(2)14(10(15)9(12)13)6-8(17-11)7-4-3-5-16-7;1-11(9,10)3-2-4(6)5(7)8/h7-8,10H,3-6H2,1-2H3;6-8H,4-5,9-10H2,1-3H3;3-5,8-9H,6H2,1-2H3;4H,2-3,6H2,1H3,(H,7,8)(H,9,10). The monoisotopic (exact) mass is 1080 g/mol. The highest BCUT2D eigenvalue weighted by atomic mass is 35.5. The minimum Gasteiger partial charge on any atom is -0.489 e. The number of para-hydroxylation sites is 1. The number of carbonyl (C=O) groups is 5. The molecule has 2 aromatic carbocycles. The van der Waals surface area contributed by atoms with E-state index in [9.17, 15) is 32.9 Å². The van der Waals surface area contributed by atoms with Gasteiger partial charge in [0.25, 0.3) is 5.91 Å². The van der Waals surface area contributed by atoms with E-state index >= 15 is 0 Å². The van der Waals surface area contributed by atoms with Crippen LogP contribution in [0, 0.1) is 12.7 Å². The third kappa shape index (κ3) is 17.2. The number of carbonyl (C=O) groups excluding carboxylic acids is 4. The van der Waals surface area contributed by atoms with Crippen molar-refractivity contribution in [2.45, 2.75) is 116 Å². The fourth-order valence-corrected chi connectivity index (χ4v) is 8.52. The van der Waals surface area contributed by atoms with Gasteiger partial charge in [0.15, 0.2) is 18.0 Å². The number of benzene rings is 2. The molecule has 0 radical (unpaired) electrons. The Kier molecular flexibility index (Phi) is 23.6. The molecule has 1 aromatic heterocycles. The molecule has 3 unspecified atom stereocenters. The van der Waals surface area contributed by atoms with Crippen molar-refractivity contribution in [3.63, 3.8) is 0 Å². The highest BCUT2D eigenvalue weighted by Crippen LogP contribution is 2.39. The summed E-state index contributed by atoms with van der Waals surface area (Å²) in [6.07, 6.45) is 5.16. The molecular weight excluding hydrogens is 1020 g/mol. The Balaban J connectivity index is 0.000000256. The topological polar surface area (TPSA) is 229 Å². The minimum atomic E-state index is -3.10. The Hall–Kier alpha value is -4.23. The number of allylic oxidation sites excluding steroid dienone is 1. The number of carboxylic acids is 1. The van der Waals surface area contributed by atoms with E-state index in [1.807, 2.05) is 38.1 Å². The van der Waals surface area contributed by atoms with Crippen molar-refractivity contribution in [3.05, 3.63) is 87.8 Å². The number of rotatable bonds is 15. The Morgan fingerprint density at radius 1 is 1.09 bits per heavy atom. The van der Waals surface area contributed by atoms with Crippen molar-refractivity contribution in [1.82, 2.24) is 4.90 Å². The molecule has 1 aliphatic carbocycles. The van der Waals surface area contributed by atoms with Crippen LogP contribution in [0.2, 0.25) is 5.02 Å². The summed E-state index contributed by atoms with van der Waals surface area (Å²) in [5.74, 6) is -2.30. The van der Waals surface area contributed by atoms with Gasteiger partial charge in [-0.2, -0.15) is 0 Å². The molecule has 3 fully saturated rings. The zero-order valence-corrected chi connectivity index (χ0v) is 44.3. The molecule has 3 heterocycles. The lowest BCUT2D eigenvalue weighted by Gasteiger charge is -2.29. The molecule has 0 bridgehead atoms. The number of aryl methyl sites for hydroxylation is 2. The van der Waals surface area contributed by atoms with Gasteiger partial charge >= 0.3 is 18.0 Å². The van der Waals surface area contributed by atoms with Gasteiger partial charge in [-0.15, -0.1) is 11.6 Å². The highest BCUT2D eigenvalue weighted by molar-refractivity contribution is 7.57. The van der Waals surface area contributed by atoms with Crippen molar-refractivity contribution in [2.24, 2.45) is 5.73 Å². The number of hydrogen-bond acceptors (Lipinski definition) is 12. The summed E-state index contributed by atoms with van der Waals surface area (Å²) in [4.78, 5) is 69.7. The number of hydrogen-bond donors (Lipinski definition) is 3. The Morgan fingerprint density at radius 2 is 1.74 bits per heavy atom. The molecule has 70 heavy (non-hydrogen) atoms. The highest BCUT2D eigenvalue weighted by Gasteiger charge is 2.45. The van der Waals surface area contributed by atoms with Crippen LogP contribution in [0.4, 0.5) is 20.6 Å². The summed E-state index contributed by atoms with van der Waals surface area (Å²) in [5, 5.41) is 8.38. The van der Waals surface area contributed by atoms with Gasteiger partial charge < -0.3 is 44.0 Å². The number of amides is 4. The molecule has 17 nitrogen and oxygen atoms in total.